The highest BCUT2D eigenvalue weighted by molar-refractivity contribution is 5.94. The van der Waals surface area contributed by atoms with Crippen LogP contribution in [-0.4, -0.2) is 49.3 Å². The number of carbonyl (C=O) groups is 1. The van der Waals surface area contributed by atoms with Gasteiger partial charge in [-0.25, -0.2) is 0 Å². The van der Waals surface area contributed by atoms with E-state index in [1.54, 1.807) is 0 Å². The van der Waals surface area contributed by atoms with Crippen LogP contribution in [-0.2, 0) is 16.0 Å². The van der Waals surface area contributed by atoms with Gasteiger partial charge < -0.3 is 20.1 Å². The predicted molar refractivity (Wildman–Crippen MR) is 79.0 cm³/mol. The molecular weight excluding hydrogens is 268 g/mol. The molecule has 0 saturated carbocycles. The fourth-order valence-electron chi connectivity index (χ4n) is 2.95. The molecule has 21 heavy (non-hydrogen) atoms. The first kappa shape index (κ1) is 14.5. The lowest BCUT2D eigenvalue weighted by molar-refractivity contribution is -0.0867. The number of nitrogens with zero attached hydrogens (tertiary/aromatic N) is 1. The van der Waals surface area contributed by atoms with Gasteiger partial charge in [-0.2, -0.15) is 0 Å². The van der Waals surface area contributed by atoms with E-state index in [-0.39, 0.29) is 18.1 Å². The van der Waals surface area contributed by atoms with Gasteiger partial charge in [0.15, 0.2) is 0 Å². The standard InChI is InChI=1S/C16H22N2O3/c17-10-12-3-5-13(6-4-12)16(19)18-7-9-21-15(11-18)14-2-1-8-20-14/h3-6,14-15H,1-2,7-11,17H2/t14-,15+/m1/s1. The monoisotopic (exact) mass is 290 g/mol. The maximum absolute atomic E-state index is 12.6. The first-order valence-electron chi connectivity index (χ1n) is 7.59. The van der Waals surface area contributed by atoms with E-state index < -0.39 is 0 Å². The zero-order valence-electron chi connectivity index (χ0n) is 12.2. The van der Waals surface area contributed by atoms with Crippen LogP contribution in [0.15, 0.2) is 24.3 Å². The lowest BCUT2D eigenvalue weighted by atomic mass is 10.1. The molecule has 0 aromatic heterocycles. The van der Waals surface area contributed by atoms with Gasteiger partial charge in [-0.15, -0.1) is 0 Å². The molecule has 0 spiro atoms. The number of benzene rings is 1. The number of nitrogens with two attached hydrogens (primary N) is 1. The average molecular weight is 290 g/mol. The molecule has 1 aromatic carbocycles. The molecule has 1 amide bonds. The third kappa shape index (κ3) is 3.26. The number of hydrogen-bond donors (Lipinski definition) is 1. The minimum Gasteiger partial charge on any atom is -0.375 e. The molecule has 5 heteroatoms. The van der Waals surface area contributed by atoms with Gasteiger partial charge in [0.05, 0.1) is 12.7 Å². The molecule has 2 aliphatic rings. The second-order valence-corrected chi connectivity index (χ2v) is 5.61. The van der Waals surface area contributed by atoms with Crippen LogP contribution in [0.5, 0.6) is 0 Å². The summed E-state index contributed by atoms with van der Waals surface area (Å²) < 4.78 is 11.5. The van der Waals surface area contributed by atoms with Crippen LogP contribution in [0.4, 0.5) is 0 Å². The summed E-state index contributed by atoms with van der Waals surface area (Å²) in [7, 11) is 0. The van der Waals surface area contributed by atoms with Gasteiger partial charge in [0.1, 0.15) is 6.10 Å². The van der Waals surface area contributed by atoms with E-state index in [1.165, 1.54) is 0 Å². The summed E-state index contributed by atoms with van der Waals surface area (Å²) in [6.45, 7) is 3.13. The highest BCUT2D eigenvalue weighted by Gasteiger charge is 2.33. The Morgan fingerprint density at radius 2 is 1.95 bits per heavy atom. The van der Waals surface area contributed by atoms with Crippen LogP contribution in [0.1, 0.15) is 28.8 Å². The van der Waals surface area contributed by atoms with Crippen LogP contribution in [0.3, 0.4) is 0 Å². The van der Waals surface area contributed by atoms with Crippen molar-refractivity contribution in [1.29, 1.82) is 0 Å². The Bertz CT molecular complexity index is 483. The lowest BCUT2D eigenvalue weighted by Crippen LogP contribution is -2.49. The average Bonchev–Trinajstić information content (AvgIpc) is 3.09. The van der Waals surface area contributed by atoms with Gasteiger partial charge in [0.25, 0.3) is 5.91 Å². The summed E-state index contributed by atoms with van der Waals surface area (Å²) in [5.74, 6) is 0.0601. The van der Waals surface area contributed by atoms with Crippen molar-refractivity contribution in [1.82, 2.24) is 4.90 Å². The van der Waals surface area contributed by atoms with E-state index >= 15 is 0 Å². The minimum atomic E-state index is 0.00788. The highest BCUT2D eigenvalue weighted by atomic mass is 16.5. The van der Waals surface area contributed by atoms with E-state index in [0.29, 0.717) is 31.8 Å². The van der Waals surface area contributed by atoms with Crippen molar-refractivity contribution in [3.05, 3.63) is 35.4 Å². The summed E-state index contributed by atoms with van der Waals surface area (Å²) in [6.07, 6.45) is 2.26. The Morgan fingerprint density at radius 3 is 2.62 bits per heavy atom. The Hall–Kier alpha value is -1.43. The van der Waals surface area contributed by atoms with Crippen molar-refractivity contribution in [2.75, 3.05) is 26.3 Å². The molecule has 5 nitrogen and oxygen atoms in total. The zero-order chi connectivity index (χ0) is 14.7. The molecular formula is C16H22N2O3. The van der Waals surface area contributed by atoms with Gasteiger partial charge in [0, 0.05) is 31.8 Å². The topological polar surface area (TPSA) is 64.8 Å². The number of rotatable bonds is 3. The van der Waals surface area contributed by atoms with Crippen molar-refractivity contribution >= 4 is 5.91 Å². The Labute approximate surface area is 125 Å². The van der Waals surface area contributed by atoms with Crippen molar-refractivity contribution < 1.29 is 14.3 Å². The van der Waals surface area contributed by atoms with Gasteiger partial charge in [-0.05, 0) is 30.5 Å². The van der Waals surface area contributed by atoms with Gasteiger partial charge in [-0.3, -0.25) is 4.79 Å². The predicted octanol–water partition coefficient (Wildman–Crippen LogP) is 1.17. The molecule has 2 aliphatic heterocycles. The summed E-state index contributed by atoms with van der Waals surface area (Å²) in [5, 5.41) is 0. The summed E-state index contributed by atoms with van der Waals surface area (Å²) in [5.41, 5.74) is 7.32. The molecule has 2 fully saturated rings. The molecule has 0 radical (unpaired) electrons. The van der Waals surface area contributed by atoms with Crippen LogP contribution in [0.25, 0.3) is 0 Å². The number of hydrogen-bond acceptors (Lipinski definition) is 4. The fraction of sp³-hybridized carbons (Fsp3) is 0.562. The van der Waals surface area contributed by atoms with Gasteiger partial charge >= 0.3 is 0 Å². The second kappa shape index (κ2) is 6.56. The third-order valence-electron chi connectivity index (χ3n) is 4.20. The highest BCUT2D eigenvalue weighted by Crippen LogP contribution is 2.22. The van der Waals surface area contributed by atoms with Crippen molar-refractivity contribution in [2.45, 2.75) is 31.6 Å². The summed E-state index contributed by atoms with van der Waals surface area (Å²) in [4.78, 5) is 14.4. The quantitative estimate of drug-likeness (QED) is 0.907. The van der Waals surface area contributed by atoms with Crippen LogP contribution < -0.4 is 5.73 Å². The van der Waals surface area contributed by atoms with Crippen LogP contribution >= 0.6 is 0 Å². The molecule has 3 rings (SSSR count). The first-order valence-corrected chi connectivity index (χ1v) is 7.59. The largest absolute Gasteiger partial charge is 0.375 e. The van der Waals surface area contributed by atoms with Crippen molar-refractivity contribution in [2.24, 2.45) is 5.73 Å². The molecule has 0 unspecified atom stereocenters. The zero-order valence-corrected chi connectivity index (χ0v) is 12.2. The molecule has 0 aliphatic carbocycles. The normalized spacial score (nSPS) is 26.0. The van der Waals surface area contributed by atoms with E-state index in [4.69, 9.17) is 15.2 Å². The molecule has 2 heterocycles. The minimum absolute atomic E-state index is 0.00788. The first-order chi connectivity index (χ1) is 10.3. The van der Waals surface area contributed by atoms with Crippen LogP contribution in [0.2, 0.25) is 0 Å². The number of ether oxygens (including phenoxy) is 2. The Morgan fingerprint density at radius 1 is 1.19 bits per heavy atom. The number of morpholine rings is 1. The molecule has 0 bridgehead atoms. The van der Waals surface area contributed by atoms with E-state index in [9.17, 15) is 4.79 Å². The van der Waals surface area contributed by atoms with Gasteiger partial charge in [-0.1, -0.05) is 12.1 Å². The SMILES string of the molecule is NCc1ccc(C(=O)N2CCO[C@H]([C@H]3CCCO3)C2)cc1. The number of carbonyl (C=O) groups excluding carboxylic acids is 1. The third-order valence-corrected chi connectivity index (χ3v) is 4.20. The number of amides is 1. The molecule has 1 aromatic rings. The Kier molecular flexibility index (Phi) is 4.53. The Balaban J connectivity index is 1.65. The van der Waals surface area contributed by atoms with Crippen molar-refractivity contribution in [3.8, 4) is 0 Å². The smallest absolute Gasteiger partial charge is 0.254 e. The van der Waals surface area contributed by atoms with Crippen LogP contribution in [0, 0.1) is 0 Å². The van der Waals surface area contributed by atoms with Crippen molar-refractivity contribution in [3.63, 3.8) is 0 Å². The fourth-order valence-corrected chi connectivity index (χ4v) is 2.95. The summed E-state index contributed by atoms with van der Waals surface area (Å²) >= 11 is 0. The van der Waals surface area contributed by atoms with E-state index in [2.05, 4.69) is 0 Å². The maximum Gasteiger partial charge on any atom is 0.254 e. The molecule has 114 valence electrons. The molecule has 2 saturated heterocycles. The summed E-state index contributed by atoms with van der Waals surface area (Å²) in [6, 6.07) is 7.51. The van der Waals surface area contributed by atoms with Gasteiger partial charge in [0.2, 0.25) is 0 Å². The van der Waals surface area contributed by atoms with E-state index in [1.807, 2.05) is 29.2 Å². The maximum atomic E-state index is 12.6. The van der Waals surface area contributed by atoms with E-state index in [0.717, 1.165) is 25.0 Å². The molecule has 2 N–H and O–H groups in total. The second-order valence-electron chi connectivity index (χ2n) is 5.61. The molecule has 2 atom stereocenters. The lowest BCUT2D eigenvalue weighted by Gasteiger charge is -2.35.